The summed E-state index contributed by atoms with van der Waals surface area (Å²) < 4.78 is 0. The fourth-order valence-corrected chi connectivity index (χ4v) is 2.80. The molecule has 2 heterocycles. The summed E-state index contributed by atoms with van der Waals surface area (Å²) in [5, 5.41) is 3.32. The van der Waals surface area contributed by atoms with Gasteiger partial charge in [-0.25, -0.2) is 0 Å². The molecular weight excluding hydrogens is 212 g/mol. The third-order valence-corrected chi connectivity index (χ3v) is 3.76. The Balaban J connectivity index is 1.88. The Hall–Kier alpha value is -1.35. The highest BCUT2D eigenvalue weighted by atomic mass is 16.2. The highest BCUT2D eigenvalue weighted by Crippen LogP contribution is 2.22. The predicted octanol–water partition coefficient (Wildman–Crippen LogP) is 1.92. The molecule has 0 saturated carbocycles. The van der Waals surface area contributed by atoms with E-state index >= 15 is 0 Å². The number of nitrogens with one attached hydrogen (secondary N) is 1. The number of piperidine rings is 1. The second-order valence-corrected chi connectivity index (χ2v) is 4.90. The van der Waals surface area contributed by atoms with Gasteiger partial charge in [-0.1, -0.05) is 12.1 Å². The molecule has 0 spiro atoms. The first kappa shape index (κ1) is 10.8. The van der Waals surface area contributed by atoms with Gasteiger partial charge in [0.15, 0.2) is 0 Å². The second-order valence-electron chi connectivity index (χ2n) is 4.90. The number of hydrogen-bond donors (Lipinski definition) is 1. The van der Waals surface area contributed by atoms with Gasteiger partial charge in [-0.3, -0.25) is 4.79 Å². The summed E-state index contributed by atoms with van der Waals surface area (Å²) in [6.07, 6.45) is 3.57. The van der Waals surface area contributed by atoms with Crippen LogP contribution in [0, 0.1) is 0 Å². The van der Waals surface area contributed by atoms with Crippen molar-refractivity contribution < 1.29 is 4.79 Å². The highest BCUT2D eigenvalue weighted by molar-refractivity contribution is 5.96. The van der Waals surface area contributed by atoms with Crippen molar-refractivity contribution in [1.29, 1.82) is 0 Å². The zero-order valence-corrected chi connectivity index (χ0v) is 10.0. The van der Waals surface area contributed by atoms with Crippen molar-refractivity contribution in [2.24, 2.45) is 0 Å². The lowest BCUT2D eigenvalue weighted by Crippen LogP contribution is -2.36. The van der Waals surface area contributed by atoms with E-state index in [2.05, 4.69) is 11.4 Å². The fraction of sp³-hybridized carbons (Fsp3) is 0.500. The van der Waals surface area contributed by atoms with E-state index in [-0.39, 0.29) is 5.91 Å². The Bertz CT molecular complexity index is 436. The first-order valence-corrected chi connectivity index (χ1v) is 6.47. The molecule has 0 aromatic heterocycles. The second kappa shape index (κ2) is 4.49. The number of fused-ring (bicyclic) bond motifs is 1. The van der Waals surface area contributed by atoms with Gasteiger partial charge in [0, 0.05) is 31.7 Å². The minimum atomic E-state index is 0.227. The van der Waals surface area contributed by atoms with Gasteiger partial charge in [-0.15, -0.1) is 0 Å². The Kier molecular flexibility index (Phi) is 2.85. The average Bonchev–Trinajstić information content (AvgIpc) is 2.87. The standard InChI is InChI=1S/C14H18N2O/c17-14(16-7-2-1-3-8-16)12-6-4-5-11-9-15-10-13(11)12/h4-6,15H,1-3,7-10H2. The van der Waals surface area contributed by atoms with Gasteiger partial charge in [0.25, 0.3) is 5.91 Å². The lowest BCUT2D eigenvalue weighted by molar-refractivity contribution is 0.0723. The number of carbonyl (C=O) groups is 1. The van der Waals surface area contributed by atoms with Gasteiger partial charge in [0.1, 0.15) is 0 Å². The number of benzene rings is 1. The number of rotatable bonds is 1. The molecule has 1 aromatic carbocycles. The minimum absolute atomic E-state index is 0.227. The first-order chi connectivity index (χ1) is 8.36. The fourth-order valence-electron chi connectivity index (χ4n) is 2.80. The lowest BCUT2D eigenvalue weighted by Gasteiger charge is -2.27. The van der Waals surface area contributed by atoms with Crippen LogP contribution in [0.5, 0.6) is 0 Å². The summed E-state index contributed by atoms with van der Waals surface area (Å²) in [6, 6.07) is 6.09. The quantitative estimate of drug-likeness (QED) is 0.799. The van der Waals surface area contributed by atoms with Crippen LogP contribution in [0.4, 0.5) is 0 Å². The van der Waals surface area contributed by atoms with E-state index in [0.717, 1.165) is 44.6 Å². The van der Waals surface area contributed by atoms with Crippen LogP contribution < -0.4 is 5.32 Å². The van der Waals surface area contributed by atoms with Crippen LogP contribution in [0.3, 0.4) is 0 Å². The van der Waals surface area contributed by atoms with Crippen molar-refractivity contribution in [2.75, 3.05) is 13.1 Å². The molecule has 1 N–H and O–H groups in total. The summed E-state index contributed by atoms with van der Waals surface area (Å²) in [5.74, 6) is 0.227. The van der Waals surface area contributed by atoms with Crippen molar-refractivity contribution in [3.05, 3.63) is 34.9 Å². The molecular formula is C14H18N2O. The Morgan fingerprint density at radius 3 is 2.76 bits per heavy atom. The van der Waals surface area contributed by atoms with E-state index in [0.29, 0.717) is 0 Å². The molecule has 0 atom stereocenters. The molecule has 1 aromatic rings. The molecule has 17 heavy (non-hydrogen) atoms. The summed E-state index contributed by atoms with van der Waals surface area (Å²) in [4.78, 5) is 14.5. The zero-order valence-electron chi connectivity index (χ0n) is 10.0. The SMILES string of the molecule is O=C(c1cccc2c1CNC2)N1CCCCC1. The summed E-state index contributed by atoms with van der Waals surface area (Å²) in [6.45, 7) is 3.59. The van der Waals surface area contributed by atoms with E-state index in [9.17, 15) is 4.79 Å². The maximum absolute atomic E-state index is 12.5. The molecule has 3 rings (SSSR count). The molecule has 3 nitrogen and oxygen atoms in total. The predicted molar refractivity (Wildman–Crippen MR) is 66.7 cm³/mol. The zero-order chi connectivity index (χ0) is 11.7. The number of likely N-dealkylation sites (tertiary alicyclic amines) is 1. The average molecular weight is 230 g/mol. The summed E-state index contributed by atoms with van der Waals surface area (Å²) in [5.41, 5.74) is 3.41. The van der Waals surface area contributed by atoms with Crippen LogP contribution in [0.25, 0.3) is 0 Å². The highest BCUT2D eigenvalue weighted by Gasteiger charge is 2.23. The molecule has 90 valence electrons. The third kappa shape index (κ3) is 1.95. The molecule has 0 aliphatic carbocycles. The van der Waals surface area contributed by atoms with E-state index in [1.165, 1.54) is 17.5 Å². The number of carbonyl (C=O) groups excluding carboxylic acids is 1. The monoisotopic (exact) mass is 230 g/mol. The Morgan fingerprint density at radius 2 is 1.94 bits per heavy atom. The summed E-state index contributed by atoms with van der Waals surface area (Å²) >= 11 is 0. The Labute approximate surface area is 102 Å². The van der Waals surface area contributed by atoms with Crippen LogP contribution in [-0.2, 0) is 13.1 Å². The van der Waals surface area contributed by atoms with Crippen LogP contribution in [0.2, 0.25) is 0 Å². The van der Waals surface area contributed by atoms with E-state index < -0.39 is 0 Å². The van der Waals surface area contributed by atoms with Crippen molar-refractivity contribution >= 4 is 5.91 Å². The largest absolute Gasteiger partial charge is 0.339 e. The summed E-state index contributed by atoms with van der Waals surface area (Å²) in [7, 11) is 0. The molecule has 0 radical (unpaired) electrons. The lowest BCUT2D eigenvalue weighted by atomic mass is 10.0. The smallest absolute Gasteiger partial charge is 0.254 e. The molecule has 0 bridgehead atoms. The van der Waals surface area contributed by atoms with Crippen molar-refractivity contribution in [2.45, 2.75) is 32.4 Å². The normalized spacial score (nSPS) is 19.2. The topological polar surface area (TPSA) is 32.3 Å². The van der Waals surface area contributed by atoms with Crippen LogP contribution in [0.15, 0.2) is 18.2 Å². The molecule has 0 unspecified atom stereocenters. The van der Waals surface area contributed by atoms with E-state index in [1.807, 2.05) is 17.0 Å². The third-order valence-electron chi connectivity index (χ3n) is 3.76. The van der Waals surface area contributed by atoms with Gasteiger partial charge in [0.2, 0.25) is 0 Å². The van der Waals surface area contributed by atoms with Gasteiger partial charge in [-0.2, -0.15) is 0 Å². The molecule has 2 aliphatic rings. The van der Waals surface area contributed by atoms with Crippen LogP contribution in [0.1, 0.15) is 40.7 Å². The molecule has 1 fully saturated rings. The molecule has 1 amide bonds. The van der Waals surface area contributed by atoms with Gasteiger partial charge in [0.05, 0.1) is 0 Å². The number of nitrogens with zero attached hydrogens (tertiary/aromatic N) is 1. The number of hydrogen-bond acceptors (Lipinski definition) is 2. The molecule has 2 aliphatic heterocycles. The van der Waals surface area contributed by atoms with E-state index in [1.54, 1.807) is 0 Å². The van der Waals surface area contributed by atoms with Crippen LogP contribution >= 0.6 is 0 Å². The van der Waals surface area contributed by atoms with Gasteiger partial charge in [-0.05, 0) is 36.5 Å². The van der Waals surface area contributed by atoms with Crippen molar-refractivity contribution in [3.63, 3.8) is 0 Å². The van der Waals surface area contributed by atoms with Crippen molar-refractivity contribution in [1.82, 2.24) is 10.2 Å². The number of amides is 1. The van der Waals surface area contributed by atoms with Crippen molar-refractivity contribution in [3.8, 4) is 0 Å². The molecule has 1 saturated heterocycles. The van der Waals surface area contributed by atoms with Crippen LogP contribution in [-0.4, -0.2) is 23.9 Å². The maximum Gasteiger partial charge on any atom is 0.254 e. The maximum atomic E-state index is 12.5. The minimum Gasteiger partial charge on any atom is -0.339 e. The molecule has 3 heteroatoms. The first-order valence-electron chi connectivity index (χ1n) is 6.47. The van der Waals surface area contributed by atoms with Gasteiger partial charge < -0.3 is 10.2 Å². The van der Waals surface area contributed by atoms with E-state index in [4.69, 9.17) is 0 Å². The van der Waals surface area contributed by atoms with Gasteiger partial charge >= 0.3 is 0 Å². The Morgan fingerprint density at radius 1 is 1.12 bits per heavy atom.